The van der Waals surface area contributed by atoms with E-state index in [2.05, 4.69) is 15.5 Å². The summed E-state index contributed by atoms with van der Waals surface area (Å²) in [6.07, 6.45) is 0. The average Bonchev–Trinajstić information content (AvgIpc) is 3.41. The van der Waals surface area contributed by atoms with Crippen molar-refractivity contribution in [1.82, 2.24) is 20.4 Å². The molecule has 2 amide bonds. The van der Waals surface area contributed by atoms with Gasteiger partial charge in [0.2, 0.25) is 5.91 Å². The summed E-state index contributed by atoms with van der Waals surface area (Å²) < 4.78 is 13.5. The third kappa shape index (κ3) is 5.75. The first kappa shape index (κ1) is 26.5. The van der Waals surface area contributed by atoms with Crippen molar-refractivity contribution in [3.8, 4) is 0 Å². The Bertz CT molecular complexity index is 1090. The molecule has 32 heavy (non-hydrogen) atoms. The van der Waals surface area contributed by atoms with Gasteiger partial charge in [0.05, 0.1) is 26.7 Å². The number of carbonyl (C=O) groups is 3. The van der Waals surface area contributed by atoms with Crippen molar-refractivity contribution in [2.45, 2.75) is 26.9 Å². The van der Waals surface area contributed by atoms with E-state index in [0.717, 1.165) is 5.01 Å². The van der Waals surface area contributed by atoms with E-state index in [1.54, 1.807) is 17.5 Å². The number of amides is 2. The minimum absolute atomic E-state index is 0. The van der Waals surface area contributed by atoms with Crippen LogP contribution in [0.15, 0.2) is 37.3 Å². The van der Waals surface area contributed by atoms with Crippen LogP contribution in [0.25, 0.3) is 0 Å². The molecule has 0 radical (unpaired) electrons. The van der Waals surface area contributed by atoms with Crippen LogP contribution in [0.5, 0.6) is 0 Å². The Kier molecular flexibility index (Phi) is 9.57. The monoisotopic (exact) mass is 554 g/mol. The van der Waals surface area contributed by atoms with Crippen LogP contribution in [0.2, 0.25) is 0 Å². The molecule has 2 aromatic rings. The van der Waals surface area contributed by atoms with Gasteiger partial charge in [0.15, 0.2) is 4.34 Å². The largest absolute Gasteiger partial charge is 1.00 e. The van der Waals surface area contributed by atoms with Crippen LogP contribution < -0.4 is 61.8 Å². The Morgan fingerprint density at radius 3 is 2.81 bits per heavy atom. The van der Waals surface area contributed by atoms with Crippen LogP contribution in [-0.2, 0) is 25.2 Å². The zero-order valence-electron chi connectivity index (χ0n) is 16.9. The third-order valence-corrected chi connectivity index (χ3v) is 10.4. The zero-order chi connectivity index (χ0) is 22.1. The first-order chi connectivity index (χ1) is 14.8. The Balaban J connectivity index is 0.00000289. The topological polar surface area (TPSA) is 132 Å². The molecule has 4 heterocycles. The van der Waals surface area contributed by atoms with Gasteiger partial charge >= 0.3 is 51.4 Å². The molecule has 9 nitrogen and oxygen atoms in total. The number of hydrogen-bond donors (Lipinski definition) is 1. The number of aliphatic carboxylic acids is 1. The maximum absolute atomic E-state index is 12.7. The second-order valence-corrected chi connectivity index (χ2v) is 12.6. The van der Waals surface area contributed by atoms with Gasteiger partial charge in [-0.05, 0) is 23.9 Å². The van der Waals surface area contributed by atoms with E-state index < -0.39 is 40.0 Å². The van der Waals surface area contributed by atoms with Crippen molar-refractivity contribution in [2.24, 2.45) is 0 Å². The molecule has 164 valence electrons. The summed E-state index contributed by atoms with van der Waals surface area (Å²) in [5.74, 6) is -1.98. The van der Waals surface area contributed by atoms with Crippen LogP contribution in [0, 0.1) is 6.92 Å². The summed E-state index contributed by atoms with van der Waals surface area (Å²) in [5, 5.41) is 24.4. The van der Waals surface area contributed by atoms with Gasteiger partial charge in [-0.3, -0.25) is 18.7 Å². The summed E-state index contributed by atoms with van der Waals surface area (Å²) in [4.78, 5) is 37.9. The second-order valence-electron chi connectivity index (χ2n) is 6.49. The number of carbonyl (C=O) groups excluding carboxylic acids is 3. The van der Waals surface area contributed by atoms with Gasteiger partial charge in [-0.15, -0.1) is 33.3 Å². The predicted octanol–water partition coefficient (Wildman–Crippen LogP) is -2.78. The number of aryl methyl sites for hydroxylation is 1. The van der Waals surface area contributed by atoms with E-state index >= 15 is 0 Å². The molecule has 2 aliphatic heterocycles. The number of carboxylic acids is 1. The first-order valence-electron chi connectivity index (χ1n) is 8.87. The van der Waals surface area contributed by atoms with E-state index in [9.17, 15) is 23.7 Å². The predicted molar refractivity (Wildman–Crippen MR) is 118 cm³/mol. The van der Waals surface area contributed by atoms with Gasteiger partial charge in [0.25, 0.3) is 5.91 Å². The quantitative estimate of drug-likeness (QED) is 0.209. The molecule has 15 heteroatoms. The van der Waals surface area contributed by atoms with Crippen LogP contribution in [0.4, 0.5) is 0 Å². The molecule has 2 unspecified atom stereocenters. The van der Waals surface area contributed by atoms with Crippen molar-refractivity contribution >= 4 is 74.8 Å². The molecule has 1 N–H and O–H groups in total. The number of thiophene rings is 1. The van der Waals surface area contributed by atoms with Gasteiger partial charge in [-0.1, -0.05) is 29.2 Å². The Morgan fingerprint density at radius 1 is 1.41 bits per heavy atom. The number of hydrogen-bond acceptors (Lipinski definition) is 11. The minimum Gasteiger partial charge on any atom is -0.543 e. The molecule has 0 aliphatic carbocycles. The molecule has 0 saturated carbocycles. The maximum Gasteiger partial charge on any atom is 1.00 e. The first-order valence-corrected chi connectivity index (χ1v) is 13.9. The zero-order valence-corrected chi connectivity index (χ0v) is 24.1. The average molecular weight is 555 g/mol. The molecule has 2 aromatic heterocycles. The van der Waals surface area contributed by atoms with Crippen molar-refractivity contribution in [2.75, 3.05) is 17.3 Å². The number of rotatable bonds is 8. The van der Waals surface area contributed by atoms with Crippen molar-refractivity contribution < 1.29 is 75.1 Å². The number of nitrogens with one attached hydrogen (secondary N) is 1. The van der Waals surface area contributed by atoms with Crippen LogP contribution in [-0.4, -0.2) is 65.8 Å². The van der Waals surface area contributed by atoms with E-state index in [1.807, 2.05) is 6.92 Å². The van der Waals surface area contributed by atoms with E-state index in [1.165, 1.54) is 51.1 Å². The van der Waals surface area contributed by atoms with Crippen molar-refractivity contribution in [1.29, 1.82) is 0 Å². The fraction of sp³-hybridized carbons (Fsp3) is 0.353. The molecule has 1 saturated heterocycles. The molecular weight excluding hydrogens is 540 g/mol. The van der Waals surface area contributed by atoms with E-state index in [0.29, 0.717) is 25.6 Å². The fourth-order valence-electron chi connectivity index (χ4n) is 3.07. The number of fused-ring (bicyclic) bond motifs is 1. The summed E-state index contributed by atoms with van der Waals surface area (Å²) in [6.45, 7) is 1.83. The van der Waals surface area contributed by atoms with E-state index in [-0.39, 0.29) is 62.8 Å². The number of β-lactam (4-membered cyclic amide) rings is 1. The van der Waals surface area contributed by atoms with Gasteiger partial charge in [0, 0.05) is 11.5 Å². The number of carboxylic acid groups (broad SMARTS) is 1. The van der Waals surface area contributed by atoms with Gasteiger partial charge in [0.1, 0.15) is 22.2 Å². The normalized spacial score (nSPS) is 20.8. The molecule has 0 bridgehead atoms. The Labute approximate surface area is 245 Å². The number of nitrogens with zero attached hydrogens (tertiary/aromatic N) is 3. The third-order valence-electron chi connectivity index (χ3n) is 4.42. The molecule has 0 spiro atoms. The summed E-state index contributed by atoms with van der Waals surface area (Å²) in [5.41, 5.74) is 0.422. The molecule has 1 fully saturated rings. The van der Waals surface area contributed by atoms with Crippen molar-refractivity contribution in [3.05, 3.63) is 33.8 Å². The van der Waals surface area contributed by atoms with Crippen LogP contribution in [0.1, 0.15) is 5.01 Å². The van der Waals surface area contributed by atoms with Gasteiger partial charge in [-0.25, -0.2) is 0 Å². The SMILES string of the molecule is Cc1nnc(SCC2=C(C(=O)[O-])N3C(=O)C(NC(=O)CS(=O)c4cccs4)[C@H]3SC2)s1.[K+]. The van der Waals surface area contributed by atoms with Crippen LogP contribution in [0.3, 0.4) is 0 Å². The standard InChI is InChI=1S/C17H16N4O5S5.K/c1-8-19-20-17(30-8)29-6-9-5-28-15-12(14(23)21(15)13(9)16(24)25)18-10(22)7-31(26)11-3-2-4-27-11;/h2-4,12,15H,5-7H2,1H3,(H,18,22)(H,24,25);/q;+1/p-1/t12?,15-,31?;/m1./s1. The maximum atomic E-state index is 12.7. The fourth-order valence-corrected chi connectivity index (χ4v) is 8.28. The molecule has 4 rings (SSSR count). The smallest absolute Gasteiger partial charge is 0.543 e. The summed E-state index contributed by atoms with van der Waals surface area (Å²) >= 11 is 5.43. The van der Waals surface area contributed by atoms with Gasteiger partial charge in [-0.2, -0.15) is 0 Å². The van der Waals surface area contributed by atoms with Gasteiger partial charge < -0.3 is 15.2 Å². The van der Waals surface area contributed by atoms with E-state index in [4.69, 9.17) is 0 Å². The minimum atomic E-state index is -1.49. The Hall–Kier alpha value is -0.104. The molecule has 3 atom stereocenters. The molecule has 2 aliphatic rings. The molecule has 0 aromatic carbocycles. The van der Waals surface area contributed by atoms with Crippen molar-refractivity contribution in [3.63, 3.8) is 0 Å². The Morgan fingerprint density at radius 2 is 2.19 bits per heavy atom. The number of thioether (sulfide) groups is 2. The number of aromatic nitrogens is 2. The van der Waals surface area contributed by atoms with Crippen LogP contribution >= 0.6 is 46.2 Å². The molecular formula is C17H15KN4O5S5. The summed E-state index contributed by atoms with van der Waals surface area (Å²) in [6, 6.07) is 2.57. The summed E-state index contributed by atoms with van der Waals surface area (Å²) in [7, 11) is -1.49. The second kappa shape index (κ2) is 11.6.